The topological polar surface area (TPSA) is 32.3 Å². The molecular weight excluding hydrogens is 377 g/mol. The van der Waals surface area contributed by atoms with Crippen LogP contribution in [0.4, 0.5) is 24.5 Å². The van der Waals surface area contributed by atoms with Gasteiger partial charge in [-0.25, -0.2) is 13.2 Å². The van der Waals surface area contributed by atoms with E-state index >= 15 is 0 Å². The van der Waals surface area contributed by atoms with Crippen molar-refractivity contribution in [2.45, 2.75) is 25.4 Å². The van der Waals surface area contributed by atoms with Crippen LogP contribution in [0.1, 0.15) is 35.3 Å². The van der Waals surface area contributed by atoms with Crippen molar-refractivity contribution >= 4 is 17.3 Å². The van der Waals surface area contributed by atoms with Gasteiger partial charge in [0.25, 0.3) is 5.91 Å². The first kappa shape index (κ1) is 19.1. The van der Waals surface area contributed by atoms with Gasteiger partial charge in [0.15, 0.2) is 0 Å². The van der Waals surface area contributed by atoms with Crippen LogP contribution in [0.15, 0.2) is 66.7 Å². The Morgan fingerprint density at radius 2 is 1.66 bits per heavy atom. The average Bonchev–Trinajstić information content (AvgIpc) is 2.70. The predicted octanol–water partition coefficient (Wildman–Crippen LogP) is 5.70. The van der Waals surface area contributed by atoms with Crippen LogP contribution in [0, 0.1) is 17.5 Å². The van der Waals surface area contributed by atoms with E-state index in [1.54, 1.807) is 24.3 Å². The summed E-state index contributed by atoms with van der Waals surface area (Å²) in [6, 6.07) is 15.4. The largest absolute Gasteiger partial charge is 0.378 e. The molecule has 148 valence electrons. The number of nitrogens with zero attached hydrogens (tertiary/aromatic N) is 1. The summed E-state index contributed by atoms with van der Waals surface area (Å²) in [6.45, 7) is 1.87. The van der Waals surface area contributed by atoms with Gasteiger partial charge in [-0.2, -0.15) is 0 Å². The molecule has 29 heavy (non-hydrogen) atoms. The van der Waals surface area contributed by atoms with Crippen LogP contribution in [-0.2, 0) is 0 Å². The Hall–Kier alpha value is -3.28. The molecule has 0 spiro atoms. The minimum atomic E-state index is -0.597. The molecule has 1 heterocycles. The maximum atomic E-state index is 14.2. The second kappa shape index (κ2) is 7.62. The normalized spacial score (nSPS) is 18.3. The molecule has 3 aromatic carbocycles. The fraction of sp³-hybridized carbons (Fsp3) is 0.174. The van der Waals surface area contributed by atoms with Gasteiger partial charge >= 0.3 is 0 Å². The van der Waals surface area contributed by atoms with E-state index in [-0.39, 0.29) is 23.5 Å². The van der Waals surface area contributed by atoms with Crippen LogP contribution < -0.4 is 10.2 Å². The minimum Gasteiger partial charge on any atom is -0.378 e. The molecule has 0 fully saturated rings. The fourth-order valence-corrected chi connectivity index (χ4v) is 3.79. The number of amides is 1. The van der Waals surface area contributed by atoms with Crippen molar-refractivity contribution in [3.05, 3.63) is 95.3 Å². The van der Waals surface area contributed by atoms with E-state index < -0.39 is 17.5 Å². The molecule has 2 atom stereocenters. The molecule has 0 aromatic heterocycles. The lowest BCUT2D eigenvalue weighted by Crippen LogP contribution is -2.44. The van der Waals surface area contributed by atoms with Gasteiger partial charge in [-0.15, -0.1) is 0 Å². The Kier molecular flexibility index (Phi) is 5.01. The Morgan fingerprint density at radius 3 is 2.38 bits per heavy atom. The number of hydrogen-bond acceptors (Lipinski definition) is 2. The van der Waals surface area contributed by atoms with Crippen molar-refractivity contribution in [2.75, 3.05) is 10.2 Å². The van der Waals surface area contributed by atoms with E-state index in [1.165, 1.54) is 47.4 Å². The van der Waals surface area contributed by atoms with Gasteiger partial charge in [0.05, 0.1) is 11.6 Å². The molecule has 3 nitrogen and oxygen atoms in total. The summed E-state index contributed by atoms with van der Waals surface area (Å²) in [5.41, 5.74) is 1.78. The minimum absolute atomic E-state index is 0.0282. The number of rotatable bonds is 3. The Bertz CT molecular complexity index is 1050. The molecule has 1 aliphatic rings. The molecule has 0 saturated carbocycles. The molecule has 0 unspecified atom stereocenters. The zero-order valence-electron chi connectivity index (χ0n) is 15.7. The number of anilines is 2. The van der Waals surface area contributed by atoms with Gasteiger partial charge in [0.1, 0.15) is 17.5 Å². The summed E-state index contributed by atoms with van der Waals surface area (Å²) >= 11 is 0. The summed E-state index contributed by atoms with van der Waals surface area (Å²) < 4.78 is 41.4. The lowest BCUT2D eigenvalue weighted by Gasteiger charge is -2.40. The van der Waals surface area contributed by atoms with E-state index in [0.717, 1.165) is 0 Å². The molecule has 6 heteroatoms. The number of hydrogen-bond donors (Lipinski definition) is 1. The van der Waals surface area contributed by atoms with Crippen molar-refractivity contribution in [3.63, 3.8) is 0 Å². The highest BCUT2D eigenvalue weighted by Gasteiger charge is 2.35. The first-order chi connectivity index (χ1) is 13.9. The maximum Gasteiger partial charge on any atom is 0.261 e. The smallest absolute Gasteiger partial charge is 0.261 e. The summed E-state index contributed by atoms with van der Waals surface area (Å²) in [5.74, 6) is -1.84. The highest BCUT2D eigenvalue weighted by Crippen LogP contribution is 2.40. The molecule has 0 radical (unpaired) electrons. The first-order valence-electron chi connectivity index (χ1n) is 9.33. The van der Waals surface area contributed by atoms with Crippen molar-refractivity contribution in [3.8, 4) is 0 Å². The number of carbonyl (C=O) groups excluding carboxylic acids is 1. The fourth-order valence-electron chi connectivity index (χ4n) is 3.79. The predicted molar refractivity (Wildman–Crippen MR) is 106 cm³/mol. The number of fused-ring (bicyclic) bond motifs is 1. The van der Waals surface area contributed by atoms with Gasteiger partial charge < -0.3 is 10.2 Å². The van der Waals surface area contributed by atoms with Crippen LogP contribution in [-0.4, -0.2) is 11.9 Å². The van der Waals surface area contributed by atoms with Crippen LogP contribution in [0.3, 0.4) is 0 Å². The molecule has 0 saturated heterocycles. The van der Waals surface area contributed by atoms with E-state index in [4.69, 9.17) is 0 Å². The van der Waals surface area contributed by atoms with Crippen LogP contribution in [0.5, 0.6) is 0 Å². The maximum absolute atomic E-state index is 14.2. The average molecular weight is 396 g/mol. The van der Waals surface area contributed by atoms with Crippen molar-refractivity contribution in [1.29, 1.82) is 0 Å². The molecule has 0 aliphatic carbocycles. The molecule has 0 bridgehead atoms. The van der Waals surface area contributed by atoms with E-state index in [1.807, 2.05) is 6.92 Å². The summed E-state index contributed by atoms with van der Waals surface area (Å²) in [5, 5.41) is 3.29. The van der Waals surface area contributed by atoms with Crippen molar-refractivity contribution < 1.29 is 18.0 Å². The van der Waals surface area contributed by atoms with Gasteiger partial charge in [-0.1, -0.05) is 12.1 Å². The van der Waals surface area contributed by atoms with E-state index in [9.17, 15) is 18.0 Å². The third-order valence-corrected chi connectivity index (χ3v) is 5.15. The third-order valence-electron chi connectivity index (χ3n) is 5.15. The monoisotopic (exact) mass is 396 g/mol. The zero-order valence-corrected chi connectivity index (χ0v) is 15.7. The van der Waals surface area contributed by atoms with Crippen molar-refractivity contribution in [1.82, 2.24) is 0 Å². The number of benzene rings is 3. The first-order valence-corrected chi connectivity index (χ1v) is 9.33. The summed E-state index contributed by atoms with van der Waals surface area (Å²) in [6.07, 6.45) is 0.480. The van der Waals surface area contributed by atoms with Gasteiger partial charge in [-0.05, 0) is 67.9 Å². The molecule has 1 amide bonds. The van der Waals surface area contributed by atoms with Crippen LogP contribution in [0.2, 0.25) is 0 Å². The standard InChI is InChI=1S/C23H19F3N2O/c1-14-12-21(27-17-9-6-15(24)7-10-17)19-13-16(25)8-11-22(19)28(14)23(29)18-4-2-3-5-20(18)26/h2-11,13-14,21,27H,12H2,1H3/t14-,21+/m1/s1. The lowest BCUT2D eigenvalue weighted by molar-refractivity contribution is 0.0970. The summed E-state index contributed by atoms with van der Waals surface area (Å²) in [4.78, 5) is 14.6. The Morgan fingerprint density at radius 1 is 0.966 bits per heavy atom. The van der Waals surface area contributed by atoms with E-state index in [2.05, 4.69) is 5.32 Å². The Labute approximate surface area is 166 Å². The quantitative estimate of drug-likeness (QED) is 0.616. The molecule has 4 rings (SSSR count). The molecule has 1 aliphatic heterocycles. The van der Waals surface area contributed by atoms with Crippen molar-refractivity contribution in [2.24, 2.45) is 0 Å². The lowest BCUT2D eigenvalue weighted by atomic mass is 9.90. The van der Waals surface area contributed by atoms with Gasteiger partial charge in [0, 0.05) is 23.0 Å². The van der Waals surface area contributed by atoms with Crippen LogP contribution in [0.25, 0.3) is 0 Å². The molecule has 1 N–H and O–H groups in total. The van der Waals surface area contributed by atoms with Gasteiger partial charge in [0.2, 0.25) is 0 Å². The third kappa shape index (κ3) is 3.70. The highest BCUT2D eigenvalue weighted by molar-refractivity contribution is 6.07. The second-order valence-electron chi connectivity index (χ2n) is 7.15. The molecular formula is C23H19F3N2O. The SMILES string of the molecule is C[C@@H]1C[C@H](Nc2ccc(F)cc2)c2cc(F)ccc2N1C(=O)c1ccccc1F. The highest BCUT2D eigenvalue weighted by atomic mass is 19.1. The number of halogens is 3. The van der Waals surface area contributed by atoms with Crippen LogP contribution >= 0.6 is 0 Å². The number of carbonyl (C=O) groups is 1. The molecule has 3 aromatic rings. The second-order valence-corrected chi connectivity index (χ2v) is 7.15. The zero-order chi connectivity index (χ0) is 20.5. The van der Waals surface area contributed by atoms with Gasteiger partial charge in [-0.3, -0.25) is 4.79 Å². The Balaban J connectivity index is 1.73. The van der Waals surface area contributed by atoms with E-state index in [0.29, 0.717) is 23.4 Å². The number of nitrogens with one attached hydrogen (secondary N) is 1. The summed E-state index contributed by atoms with van der Waals surface area (Å²) in [7, 11) is 0.